The molecule has 1 saturated heterocycles. The van der Waals surface area contributed by atoms with Crippen molar-refractivity contribution >= 4 is 13.9 Å². The van der Waals surface area contributed by atoms with Crippen LogP contribution in [0.2, 0.25) is 0 Å². The summed E-state index contributed by atoms with van der Waals surface area (Å²) in [5.74, 6) is 0.0353. The smallest absolute Gasteiger partial charge is 0.200 e. The summed E-state index contributed by atoms with van der Waals surface area (Å²) in [6.45, 7) is 10.8. The lowest BCUT2D eigenvalue weighted by Gasteiger charge is -2.43. The lowest BCUT2D eigenvalue weighted by atomic mass is 9.71. The van der Waals surface area contributed by atoms with Crippen LogP contribution in [0.1, 0.15) is 61.7 Å². The molecule has 4 atom stereocenters. The van der Waals surface area contributed by atoms with Gasteiger partial charge in [0.1, 0.15) is 0 Å². The van der Waals surface area contributed by atoms with E-state index < -0.39 is 19.1 Å². The Labute approximate surface area is 198 Å². The number of carbonyl (C=O) groups is 1. The van der Waals surface area contributed by atoms with Crippen LogP contribution in [0.25, 0.3) is 0 Å². The van der Waals surface area contributed by atoms with Crippen molar-refractivity contribution in [2.75, 3.05) is 0 Å². The van der Waals surface area contributed by atoms with Gasteiger partial charge in [-0.05, 0) is 30.4 Å². The molecule has 0 radical (unpaired) electrons. The quantitative estimate of drug-likeness (QED) is 0.386. The van der Waals surface area contributed by atoms with Crippen molar-refractivity contribution in [3.8, 4) is 0 Å². The Kier molecular flexibility index (Phi) is 5.36. The summed E-state index contributed by atoms with van der Waals surface area (Å²) >= 11 is 0. The van der Waals surface area contributed by atoms with Crippen molar-refractivity contribution in [3.05, 3.63) is 107 Å². The Balaban J connectivity index is 1.93. The minimum Gasteiger partial charge on any atom is -0.352 e. The molecule has 3 nitrogen and oxygen atoms in total. The van der Waals surface area contributed by atoms with Crippen molar-refractivity contribution in [2.45, 2.75) is 57.3 Å². The van der Waals surface area contributed by atoms with Gasteiger partial charge >= 0.3 is 0 Å². The molecule has 0 aromatic heterocycles. The summed E-state index contributed by atoms with van der Waals surface area (Å²) in [6, 6.07) is 28.4. The molecular formula is C29H31O3P. The summed E-state index contributed by atoms with van der Waals surface area (Å²) in [7, 11) is -1.27. The van der Waals surface area contributed by atoms with E-state index in [1.807, 2.05) is 66.7 Å². The third-order valence-corrected chi connectivity index (χ3v) is 10.1. The van der Waals surface area contributed by atoms with Gasteiger partial charge < -0.3 is 9.26 Å². The summed E-state index contributed by atoms with van der Waals surface area (Å²) in [4.78, 5) is 14.5. The molecule has 33 heavy (non-hydrogen) atoms. The van der Waals surface area contributed by atoms with Gasteiger partial charge in [-0.1, -0.05) is 106 Å². The highest BCUT2D eigenvalue weighted by molar-refractivity contribution is 7.55. The van der Waals surface area contributed by atoms with Gasteiger partial charge in [-0.2, -0.15) is 0 Å². The van der Waals surface area contributed by atoms with E-state index in [0.29, 0.717) is 0 Å². The molecule has 4 heteroatoms. The summed E-state index contributed by atoms with van der Waals surface area (Å²) in [6.07, 6.45) is -0.000383. The number of benzene rings is 3. The summed E-state index contributed by atoms with van der Waals surface area (Å²) in [5, 5.41) is -0.834. The minimum atomic E-state index is -1.27. The normalized spacial score (nSPS) is 28.7. The van der Waals surface area contributed by atoms with E-state index in [2.05, 4.69) is 52.8 Å². The number of hydrogen-bond donors (Lipinski definition) is 0. The SMILES string of the molecule is CC(C)O[P@@]1[C@H](C(C)(C)C)[C@@]2(c3ccccc3)O[C@]1(c1ccccc1)c1ccccc1C2=O. The van der Waals surface area contributed by atoms with Gasteiger partial charge in [-0.3, -0.25) is 4.79 Å². The molecule has 0 aliphatic carbocycles. The fourth-order valence-electron chi connectivity index (χ4n) is 5.56. The standard InChI is InChI=1S/C29H31O3P/c1-20(2)31-33-26(27(3,4)5)28(21-14-8-6-9-15-21)25(30)23-18-12-13-19-24(23)29(33,32-28)22-16-10-7-11-17-22/h6-20,26H,1-5H3/t26-,28+,29+,33+/m1/s1. The van der Waals surface area contributed by atoms with Gasteiger partial charge in [0, 0.05) is 11.1 Å². The highest BCUT2D eigenvalue weighted by atomic mass is 31.1. The van der Waals surface area contributed by atoms with Crippen molar-refractivity contribution in [2.24, 2.45) is 5.41 Å². The van der Waals surface area contributed by atoms with Crippen LogP contribution in [0.4, 0.5) is 0 Å². The molecule has 5 rings (SSSR count). The second-order valence-electron chi connectivity index (χ2n) is 10.3. The van der Waals surface area contributed by atoms with Crippen LogP contribution >= 0.6 is 8.15 Å². The Hall–Kier alpha value is -2.32. The van der Waals surface area contributed by atoms with E-state index in [1.54, 1.807) is 0 Å². The molecule has 0 saturated carbocycles. The van der Waals surface area contributed by atoms with Crippen LogP contribution in [-0.4, -0.2) is 17.5 Å². The molecule has 2 heterocycles. The van der Waals surface area contributed by atoms with Crippen molar-refractivity contribution < 1.29 is 14.1 Å². The second-order valence-corrected chi connectivity index (χ2v) is 12.3. The maximum Gasteiger partial charge on any atom is 0.200 e. The third kappa shape index (κ3) is 3.17. The van der Waals surface area contributed by atoms with Crippen LogP contribution < -0.4 is 0 Å². The predicted octanol–water partition coefficient (Wildman–Crippen LogP) is 7.25. The van der Waals surface area contributed by atoms with Gasteiger partial charge in [0.25, 0.3) is 0 Å². The first-order valence-corrected chi connectivity index (χ1v) is 13.0. The van der Waals surface area contributed by atoms with Gasteiger partial charge in [0.05, 0.1) is 19.9 Å². The van der Waals surface area contributed by atoms with Gasteiger partial charge in [-0.25, -0.2) is 0 Å². The first-order valence-electron chi connectivity index (χ1n) is 11.6. The number of rotatable bonds is 4. The van der Waals surface area contributed by atoms with Crippen LogP contribution in [-0.2, 0) is 20.2 Å². The third-order valence-electron chi connectivity index (χ3n) is 6.63. The molecule has 3 aromatic rings. The molecule has 2 aliphatic rings. The maximum atomic E-state index is 14.5. The number of ether oxygens (including phenoxy) is 1. The molecule has 0 unspecified atom stereocenters. The van der Waals surface area contributed by atoms with E-state index in [-0.39, 0.29) is 23.0 Å². The van der Waals surface area contributed by atoms with Gasteiger partial charge in [-0.15, -0.1) is 0 Å². The van der Waals surface area contributed by atoms with E-state index in [9.17, 15) is 4.79 Å². The van der Waals surface area contributed by atoms with Gasteiger partial charge in [0.2, 0.25) is 0 Å². The molecule has 0 amide bonds. The molecule has 1 fully saturated rings. The Morgan fingerprint density at radius 3 is 1.97 bits per heavy atom. The lowest BCUT2D eigenvalue weighted by Crippen LogP contribution is -2.52. The average molecular weight is 459 g/mol. The number of Topliss-reactive ketones (excluding diaryl/α,β-unsaturated/α-hetero) is 1. The second kappa shape index (κ2) is 7.87. The number of carbonyl (C=O) groups excluding carboxylic acids is 1. The molecular weight excluding hydrogens is 427 g/mol. The Morgan fingerprint density at radius 2 is 1.39 bits per heavy atom. The van der Waals surface area contributed by atoms with E-state index in [4.69, 9.17) is 9.26 Å². The Morgan fingerprint density at radius 1 is 0.848 bits per heavy atom. The van der Waals surface area contributed by atoms with Crippen molar-refractivity contribution in [1.29, 1.82) is 0 Å². The van der Waals surface area contributed by atoms with E-state index in [1.165, 1.54) is 0 Å². The maximum absolute atomic E-state index is 14.5. The largest absolute Gasteiger partial charge is 0.352 e. The summed E-state index contributed by atoms with van der Waals surface area (Å²) < 4.78 is 14.2. The van der Waals surface area contributed by atoms with Crippen molar-refractivity contribution in [3.63, 3.8) is 0 Å². The minimum absolute atomic E-state index is 0.000383. The number of ketones is 1. The Bertz CT molecular complexity index is 1170. The van der Waals surface area contributed by atoms with Crippen LogP contribution in [0.3, 0.4) is 0 Å². The highest BCUT2D eigenvalue weighted by Crippen LogP contribution is 2.80. The van der Waals surface area contributed by atoms with Crippen LogP contribution in [0.5, 0.6) is 0 Å². The summed E-state index contributed by atoms with van der Waals surface area (Å²) in [5.41, 5.74) is 2.10. The topological polar surface area (TPSA) is 35.5 Å². The van der Waals surface area contributed by atoms with E-state index >= 15 is 0 Å². The molecule has 3 aromatic carbocycles. The van der Waals surface area contributed by atoms with Crippen LogP contribution in [0, 0.1) is 5.41 Å². The van der Waals surface area contributed by atoms with Crippen LogP contribution in [0.15, 0.2) is 84.9 Å². The molecule has 2 bridgehead atoms. The molecule has 170 valence electrons. The monoisotopic (exact) mass is 458 g/mol. The fraction of sp³-hybridized carbons (Fsp3) is 0.345. The fourth-order valence-corrected chi connectivity index (χ4v) is 9.08. The zero-order valence-electron chi connectivity index (χ0n) is 19.9. The number of hydrogen-bond acceptors (Lipinski definition) is 3. The van der Waals surface area contributed by atoms with Gasteiger partial charge in [0.15, 0.2) is 16.7 Å². The van der Waals surface area contributed by atoms with E-state index in [0.717, 1.165) is 22.3 Å². The highest BCUT2D eigenvalue weighted by Gasteiger charge is 2.74. The number of fused-ring (bicyclic) bond motifs is 4. The predicted molar refractivity (Wildman–Crippen MR) is 134 cm³/mol. The first-order chi connectivity index (χ1) is 15.7. The zero-order chi connectivity index (χ0) is 23.4. The molecule has 0 spiro atoms. The first kappa shape index (κ1) is 22.5. The van der Waals surface area contributed by atoms with Crippen molar-refractivity contribution in [1.82, 2.24) is 0 Å². The molecule has 2 aliphatic heterocycles. The average Bonchev–Trinajstić information content (AvgIpc) is 3.09. The molecule has 0 N–H and O–H groups in total. The lowest BCUT2D eigenvalue weighted by molar-refractivity contribution is -0.0805. The zero-order valence-corrected chi connectivity index (χ0v) is 20.8.